The molecule has 0 unspecified atom stereocenters. The van der Waals surface area contributed by atoms with Crippen LogP contribution in [-0.4, -0.2) is 56.8 Å². The van der Waals surface area contributed by atoms with Crippen LogP contribution in [0.5, 0.6) is 0 Å². The zero-order valence-electron chi connectivity index (χ0n) is 14.7. The highest BCUT2D eigenvalue weighted by Gasteiger charge is 2.28. The monoisotopic (exact) mass is 395 g/mol. The van der Waals surface area contributed by atoms with Crippen LogP contribution in [0.15, 0.2) is 47.4 Å². The van der Waals surface area contributed by atoms with Crippen LogP contribution in [0.1, 0.15) is 10.4 Å². The van der Waals surface area contributed by atoms with Gasteiger partial charge in [-0.1, -0.05) is 6.07 Å². The second-order valence-corrected chi connectivity index (χ2v) is 8.26. The van der Waals surface area contributed by atoms with Crippen LogP contribution in [0.3, 0.4) is 0 Å². The summed E-state index contributed by atoms with van der Waals surface area (Å²) < 4.78 is 53.2. The van der Waals surface area contributed by atoms with Crippen molar-refractivity contribution >= 4 is 21.6 Å². The Kier molecular flexibility index (Phi) is 5.54. The topological polar surface area (TPSA) is 69.7 Å². The maximum atomic E-state index is 13.3. The van der Waals surface area contributed by atoms with Gasteiger partial charge in [0.2, 0.25) is 10.0 Å². The number of hydrogen-bond donors (Lipinski definition) is 1. The van der Waals surface area contributed by atoms with Crippen molar-refractivity contribution in [3.63, 3.8) is 0 Å². The lowest BCUT2D eigenvalue weighted by Crippen LogP contribution is -2.47. The summed E-state index contributed by atoms with van der Waals surface area (Å²) >= 11 is 0. The van der Waals surface area contributed by atoms with Gasteiger partial charge in [0, 0.05) is 43.5 Å². The number of rotatable bonds is 4. The molecule has 0 aliphatic carbocycles. The molecule has 0 saturated carbocycles. The fourth-order valence-electron chi connectivity index (χ4n) is 2.75. The molecule has 9 heteroatoms. The van der Waals surface area contributed by atoms with E-state index in [9.17, 15) is 22.0 Å². The van der Waals surface area contributed by atoms with Gasteiger partial charge >= 0.3 is 0 Å². The smallest absolute Gasteiger partial charge is 0.255 e. The Morgan fingerprint density at radius 1 is 1.00 bits per heavy atom. The van der Waals surface area contributed by atoms with Crippen LogP contribution in [0.4, 0.5) is 14.5 Å². The van der Waals surface area contributed by atoms with E-state index < -0.39 is 27.6 Å². The van der Waals surface area contributed by atoms with E-state index in [0.29, 0.717) is 26.2 Å². The Balaban J connectivity index is 1.80. The number of amides is 1. The van der Waals surface area contributed by atoms with Gasteiger partial charge < -0.3 is 10.2 Å². The van der Waals surface area contributed by atoms with Crippen molar-refractivity contribution in [3.05, 3.63) is 59.7 Å². The zero-order valence-corrected chi connectivity index (χ0v) is 15.5. The number of carbonyl (C=O) groups is 1. The van der Waals surface area contributed by atoms with Crippen molar-refractivity contribution in [2.75, 3.05) is 38.5 Å². The van der Waals surface area contributed by atoms with E-state index in [1.165, 1.54) is 34.6 Å². The Hall–Kier alpha value is -2.36. The second-order valence-electron chi connectivity index (χ2n) is 6.32. The third-order valence-electron chi connectivity index (χ3n) is 4.37. The van der Waals surface area contributed by atoms with Crippen molar-refractivity contribution in [2.24, 2.45) is 0 Å². The van der Waals surface area contributed by atoms with Crippen LogP contribution in [0, 0.1) is 11.6 Å². The molecule has 2 aromatic rings. The van der Waals surface area contributed by atoms with Crippen LogP contribution in [-0.2, 0) is 10.0 Å². The van der Waals surface area contributed by atoms with E-state index in [4.69, 9.17) is 0 Å². The fraction of sp³-hybridized carbons (Fsp3) is 0.278. The second kappa shape index (κ2) is 7.71. The zero-order chi connectivity index (χ0) is 19.6. The molecule has 1 aliphatic heterocycles. The van der Waals surface area contributed by atoms with Gasteiger partial charge in [0.15, 0.2) is 11.6 Å². The molecule has 0 radical (unpaired) electrons. The van der Waals surface area contributed by atoms with Crippen LogP contribution < -0.4 is 5.32 Å². The van der Waals surface area contributed by atoms with E-state index in [1.54, 1.807) is 0 Å². The van der Waals surface area contributed by atoms with E-state index in [0.717, 1.165) is 12.1 Å². The molecule has 0 spiro atoms. The molecule has 2 aromatic carbocycles. The summed E-state index contributed by atoms with van der Waals surface area (Å²) in [6.45, 7) is 2.03. The van der Waals surface area contributed by atoms with Crippen molar-refractivity contribution in [3.8, 4) is 0 Å². The number of hydrogen-bond acceptors (Lipinski definition) is 4. The molecule has 1 aliphatic rings. The van der Waals surface area contributed by atoms with Gasteiger partial charge in [0.25, 0.3) is 5.91 Å². The van der Waals surface area contributed by atoms with E-state index >= 15 is 0 Å². The number of sulfonamides is 1. The number of halogens is 2. The van der Waals surface area contributed by atoms with E-state index in [-0.39, 0.29) is 16.1 Å². The number of piperazine rings is 1. The Labute approximate surface area is 156 Å². The van der Waals surface area contributed by atoms with Gasteiger partial charge in [-0.2, -0.15) is 4.31 Å². The van der Waals surface area contributed by atoms with Crippen molar-refractivity contribution in [1.82, 2.24) is 9.21 Å². The van der Waals surface area contributed by atoms with Gasteiger partial charge in [0.1, 0.15) is 0 Å². The highest BCUT2D eigenvalue weighted by molar-refractivity contribution is 7.89. The minimum absolute atomic E-state index is 0.0185. The highest BCUT2D eigenvalue weighted by atomic mass is 32.2. The Bertz CT molecular complexity index is 958. The minimum Gasteiger partial charge on any atom is -0.322 e. The third kappa shape index (κ3) is 4.32. The van der Waals surface area contributed by atoms with E-state index in [1.807, 2.05) is 11.9 Å². The molecule has 1 saturated heterocycles. The van der Waals surface area contributed by atoms with Crippen molar-refractivity contribution in [1.29, 1.82) is 0 Å². The molecule has 1 heterocycles. The molecule has 27 heavy (non-hydrogen) atoms. The molecule has 1 N–H and O–H groups in total. The number of nitrogens with zero attached hydrogens (tertiary/aromatic N) is 2. The SMILES string of the molecule is CN1CCN(S(=O)(=O)c2cccc(C(=O)Nc3ccc(F)c(F)c3)c2)CC1. The average molecular weight is 395 g/mol. The van der Waals surface area contributed by atoms with Gasteiger partial charge in [-0.15, -0.1) is 0 Å². The number of anilines is 1. The van der Waals surface area contributed by atoms with Gasteiger partial charge in [0.05, 0.1) is 4.90 Å². The first-order chi connectivity index (χ1) is 12.8. The number of likely N-dealkylation sites (N-methyl/N-ethyl adjacent to an activating group) is 1. The fourth-order valence-corrected chi connectivity index (χ4v) is 4.22. The van der Waals surface area contributed by atoms with Crippen LogP contribution in [0.25, 0.3) is 0 Å². The molecule has 144 valence electrons. The van der Waals surface area contributed by atoms with Crippen molar-refractivity contribution < 1.29 is 22.0 Å². The minimum atomic E-state index is -3.71. The normalized spacial score (nSPS) is 16.3. The number of nitrogens with one attached hydrogen (secondary N) is 1. The molecular formula is C18H19F2N3O3S. The summed E-state index contributed by atoms with van der Waals surface area (Å²) in [5.74, 6) is -2.72. The lowest BCUT2D eigenvalue weighted by atomic mass is 10.2. The van der Waals surface area contributed by atoms with Gasteiger partial charge in [-0.3, -0.25) is 4.79 Å². The largest absolute Gasteiger partial charge is 0.322 e. The molecular weight excluding hydrogens is 376 g/mol. The first kappa shape index (κ1) is 19.4. The predicted octanol–water partition coefficient (Wildman–Crippen LogP) is 2.15. The maximum Gasteiger partial charge on any atom is 0.255 e. The molecule has 6 nitrogen and oxygen atoms in total. The third-order valence-corrected chi connectivity index (χ3v) is 6.27. The van der Waals surface area contributed by atoms with Crippen LogP contribution >= 0.6 is 0 Å². The van der Waals surface area contributed by atoms with Crippen molar-refractivity contribution in [2.45, 2.75) is 4.90 Å². The molecule has 3 rings (SSSR count). The molecule has 0 bridgehead atoms. The number of carbonyl (C=O) groups excluding carboxylic acids is 1. The Morgan fingerprint density at radius 2 is 1.70 bits per heavy atom. The summed E-state index contributed by atoms with van der Waals surface area (Å²) in [6.07, 6.45) is 0. The highest BCUT2D eigenvalue weighted by Crippen LogP contribution is 2.20. The van der Waals surface area contributed by atoms with Gasteiger partial charge in [-0.05, 0) is 37.4 Å². The van der Waals surface area contributed by atoms with Crippen LogP contribution in [0.2, 0.25) is 0 Å². The average Bonchev–Trinajstić information content (AvgIpc) is 2.65. The summed E-state index contributed by atoms with van der Waals surface area (Å²) in [7, 11) is -1.79. The predicted molar refractivity (Wildman–Crippen MR) is 97.0 cm³/mol. The number of benzene rings is 2. The summed E-state index contributed by atoms with van der Waals surface area (Å²) in [6, 6.07) is 8.63. The first-order valence-electron chi connectivity index (χ1n) is 8.32. The van der Waals surface area contributed by atoms with Gasteiger partial charge in [-0.25, -0.2) is 17.2 Å². The lowest BCUT2D eigenvalue weighted by Gasteiger charge is -2.31. The molecule has 1 amide bonds. The lowest BCUT2D eigenvalue weighted by molar-refractivity contribution is 0.102. The quantitative estimate of drug-likeness (QED) is 0.861. The summed E-state index contributed by atoms with van der Waals surface area (Å²) in [4.78, 5) is 14.4. The summed E-state index contributed by atoms with van der Waals surface area (Å²) in [5, 5.41) is 2.43. The Morgan fingerprint density at radius 3 is 2.37 bits per heavy atom. The summed E-state index contributed by atoms with van der Waals surface area (Å²) in [5.41, 5.74) is 0.182. The van der Waals surface area contributed by atoms with E-state index in [2.05, 4.69) is 5.32 Å². The first-order valence-corrected chi connectivity index (χ1v) is 9.76. The molecule has 1 fully saturated rings. The maximum absolute atomic E-state index is 13.3. The molecule has 0 atom stereocenters. The molecule has 0 aromatic heterocycles. The standard InChI is InChI=1S/C18H19F2N3O3S/c1-22-7-9-23(10-8-22)27(25,26)15-4-2-3-13(11-15)18(24)21-14-5-6-16(19)17(20)12-14/h2-6,11-12H,7-10H2,1H3,(H,21,24).